The number of aromatic nitrogens is 1. The molecule has 0 saturated heterocycles. The number of ether oxygens (including phenoxy) is 2. The van der Waals surface area contributed by atoms with Crippen LogP contribution in [0, 0.1) is 6.92 Å². The van der Waals surface area contributed by atoms with Gasteiger partial charge < -0.3 is 9.47 Å². The van der Waals surface area contributed by atoms with Crippen LogP contribution in [0.2, 0.25) is 0 Å². The minimum absolute atomic E-state index is 0.0890. The number of nitrogens with zero attached hydrogens (tertiary/aromatic N) is 1. The molecule has 0 aliphatic rings. The Labute approximate surface area is 134 Å². The van der Waals surface area contributed by atoms with Crippen LogP contribution in [0.25, 0.3) is 0 Å². The molecule has 0 atom stereocenters. The van der Waals surface area contributed by atoms with Crippen LogP contribution < -0.4 is 14.2 Å². The Morgan fingerprint density at radius 1 is 1.27 bits per heavy atom. The fourth-order valence-electron chi connectivity index (χ4n) is 1.88. The number of nitrogens with one attached hydrogen (secondary N) is 1. The highest BCUT2D eigenvalue weighted by Gasteiger charge is 2.19. The number of sulfonamides is 1. The van der Waals surface area contributed by atoms with Gasteiger partial charge in [-0.1, -0.05) is 0 Å². The van der Waals surface area contributed by atoms with E-state index in [0.29, 0.717) is 12.2 Å². The Bertz CT molecular complexity index is 741. The summed E-state index contributed by atoms with van der Waals surface area (Å²) in [6, 6.07) is 4.59. The van der Waals surface area contributed by atoms with Crippen LogP contribution in [0.5, 0.6) is 11.5 Å². The van der Waals surface area contributed by atoms with Gasteiger partial charge in [-0.15, -0.1) is 11.3 Å². The maximum absolute atomic E-state index is 12.4. The van der Waals surface area contributed by atoms with E-state index in [1.54, 1.807) is 29.7 Å². The van der Waals surface area contributed by atoms with Crippen molar-refractivity contribution in [2.75, 3.05) is 20.8 Å². The van der Waals surface area contributed by atoms with Crippen LogP contribution in [0.3, 0.4) is 0 Å². The Morgan fingerprint density at radius 3 is 2.64 bits per heavy atom. The van der Waals surface area contributed by atoms with Crippen molar-refractivity contribution < 1.29 is 17.9 Å². The van der Waals surface area contributed by atoms with Gasteiger partial charge in [0.1, 0.15) is 16.4 Å². The summed E-state index contributed by atoms with van der Waals surface area (Å²) in [5.74, 6) is 0.783. The molecule has 0 fully saturated rings. The third-order valence-electron chi connectivity index (χ3n) is 2.96. The second-order valence-electron chi connectivity index (χ2n) is 4.53. The lowest BCUT2D eigenvalue weighted by Crippen LogP contribution is -2.26. The highest BCUT2D eigenvalue weighted by Crippen LogP contribution is 2.28. The predicted octanol–water partition coefficient (Wildman–Crippen LogP) is 1.99. The Balaban J connectivity index is 2.09. The van der Waals surface area contributed by atoms with Gasteiger partial charge in [0.15, 0.2) is 0 Å². The molecule has 0 spiro atoms. The molecule has 0 bridgehead atoms. The van der Waals surface area contributed by atoms with Gasteiger partial charge in [0.05, 0.1) is 19.2 Å². The Hall–Kier alpha value is -1.64. The fraction of sp³-hybridized carbons (Fsp3) is 0.357. The molecule has 1 heterocycles. The summed E-state index contributed by atoms with van der Waals surface area (Å²) in [6.45, 7) is 2.25. The molecule has 1 aromatic carbocycles. The number of thiazole rings is 1. The maximum Gasteiger partial charge on any atom is 0.244 e. The first-order valence-corrected chi connectivity index (χ1v) is 8.89. The van der Waals surface area contributed by atoms with Crippen LogP contribution in [0.1, 0.15) is 9.88 Å². The second kappa shape index (κ2) is 7.08. The molecule has 2 aromatic rings. The quantitative estimate of drug-likeness (QED) is 0.832. The van der Waals surface area contributed by atoms with E-state index < -0.39 is 10.0 Å². The lowest BCUT2D eigenvalue weighted by molar-refractivity contribution is 0.386. The van der Waals surface area contributed by atoms with Gasteiger partial charge in [-0.2, -0.15) is 0 Å². The third kappa shape index (κ3) is 3.96. The molecule has 0 aliphatic carbocycles. The number of aryl methyl sites for hydroxylation is 1. The van der Waals surface area contributed by atoms with Crippen molar-refractivity contribution in [1.82, 2.24) is 9.71 Å². The topological polar surface area (TPSA) is 77.5 Å². The molecule has 22 heavy (non-hydrogen) atoms. The van der Waals surface area contributed by atoms with E-state index in [0.717, 1.165) is 9.88 Å². The molecule has 1 aromatic heterocycles. The van der Waals surface area contributed by atoms with Crippen LogP contribution in [-0.2, 0) is 16.4 Å². The lowest BCUT2D eigenvalue weighted by Gasteiger charge is -2.11. The van der Waals surface area contributed by atoms with Crippen molar-refractivity contribution >= 4 is 21.4 Å². The van der Waals surface area contributed by atoms with Crippen LogP contribution in [-0.4, -0.2) is 34.2 Å². The molecule has 8 heteroatoms. The molecule has 6 nitrogen and oxygen atoms in total. The van der Waals surface area contributed by atoms with E-state index in [9.17, 15) is 8.42 Å². The fourth-order valence-corrected chi connectivity index (χ4v) is 3.85. The first kappa shape index (κ1) is 16.7. The predicted molar refractivity (Wildman–Crippen MR) is 85.3 cm³/mol. The Morgan fingerprint density at radius 2 is 2.05 bits per heavy atom. The first-order chi connectivity index (χ1) is 10.5. The van der Waals surface area contributed by atoms with Crippen molar-refractivity contribution in [3.05, 3.63) is 34.3 Å². The zero-order chi connectivity index (χ0) is 16.2. The highest BCUT2D eigenvalue weighted by molar-refractivity contribution is 7.89. The zero-order valence-corrected chi connectivity index (χ0v) is 14.3. The van der Waals surface area contributed by atoms with E-state index in [1.165, 1.54) is 20.3 Å². The lowest BCUT2D eigenvalue weighted by atomic mass is 10.3. The minimum atomic E-state index is -3.65. The number of rotatable bonds is 7. The standard InChI is InChI=1S/C14H18N2O4S2/c1-10-9-15-14(21-10)6-7-16-22(17,18)13-5-4-11(19-2)8-12(13)20-3/h4-5,8-9,16H,6-7H2,1-3H3. The van der Waals surface area contributed by atoms with Gasteiger partial charge in [-0.05, 0) is 19.1 Å². The monoisotopic (exact) mass is 342 g/mol. The normalized spacial score (nSPS) is 11.4. The molecule has 0 saturated carbocycles. The first-order valence-electron chi connectivity index (χ1n) is 6.59. The van der Waals surface area contributed by atoms with Gasteiger partial charge in [0, 0.05) is 30.1 Å². The van der Waals surface area contributed by atoms with Gasteiger partial charge in [-0.3, -0.25) is 0 Å². The second-order valence-corrected chi connectivity index (χ2v) is 7.58. The summed E-state index contributed by atoms with van der Waals surface area (Å²) in [7, 11) is -0.711. The third-order valence-corrected chi connectivity index (χ3v) is 5.43. The summed E-state index contributed by atoms with van der Waals surface area (Å²) < 4.78 is 37.5. The number of hydrogen-bond acceptors (Lipinski definition) is 6. The average molecular weight is 342 g/mol. The summed E-state index contributed by atoms with van der Waals surface area (Å²) in [5, 5.41) is 0.905. The summed E-state index contributed by atoms with van der Waals surface area (Å²) >= 11 is 1.56. The average Bonchev–Trinajstić information content (AvgIpc) is 2.91. The molecule has 0 unspecified atom stereocenters. The number of benzene rings is 1. The summed E-state index contributed by atoms with van der Waals surface area (Å²) in [6.07, 6.45) is 2.33. The van der Waals surface area contributed by atoms with Crippen LogP contribution in [0.4, 0.5) is 0 Å². The molecule has 2 rings (SSSR count). The van der Waals surface area contributed by atoms with Crippen molar-refractivity contribution in [3.8, 4) is 11.5 Å². The molecule has 120 valence electrons. The zero-order valence-electron chi connectivity index (χ0n) is 12.6. The minimum Gasteiger partial charge on any atom is -0.497 e. The summed E-state index contributed by atoms with van der Waals surface area (Å²) in [4.78, 5) is 5.40. The van der Waals surface area contributed by atoms with E-state index in [-0.39, 0.29) is 17.2 Å². The van der Waals surface area contributed by atoms with E-state index in [4.69, 9.17) is 9.47 Å². The number of methoxy groups -OCH3 is 2. The van der Waals surface area contributed by atoms with Crippen molar-refractivity contribution in [3.63, 3.8) is 0 Å². The number of hydrogen-bond donors (Lipinski definition) is 1. The maximum atomic E-state index is 12.4. The van der Waals surface area contributed by atoms with Crippen molar-refractivity contribution in [2.24, 2.45) is 0 Å². The van der Waals surface area contributed by atoms with E-state index in [2.05, 4.69) is 9.71 Å². The molecule has 0 radical (unpaired) electrons. The van der Waals surface area contributed by atoms with Gasteiger partial charge in [0.2, 0.25) is 10.0 Å². The Kier molecular flexibility index (Phi) is 5.38. The van der Waals surface area contributed by atoms with E-state index >= 15 is 0 Å². The molecule has 0 aliphatic heterocycles. The van der Waals surface area contributed by atoms with Gasteiger partial charge >= 0.3 is 0 Å². The molecule has 0 amide bonds. The van der Waals surface area contributed by atoms with Crippen LogP contribution >= 0.6 is 11.3 Å². The largest absolute Gasteiger partial charge is 0.497 e. The van der Waals surface area contributed by atoms with Crippen molar-refractivity contribution in [2.45, 2.75) is 18.2 Å². The van der Waals surface area contributed by atoms with Crippen LogP contribution in [0.15, 0.2) is 29.3 Å². The van der Waals surface area contributed by atoms with Crippen molar-refractivity contribution in [1.29, 1.82) is 0 Å². The molecular formula is C14H18N2O4S2. The molecular weight excluding hydrogens is 324 g/mol. The molecule has 1 N–H and O–H groups in total. The van der Waals surface area contributed by atoms with Gasteiger partial charge in [0.25, 0.3) is 0 Å². The summed E-state index contributed by atoms with van der Waals surface area (Å²) in [5.41, 5.74) is 0. The smallest absolute Gasteiger partial charge is 0.244 e. The highest BCUT2D eigenvalue weighted by atomic mass is 32.2. The SMILES string of the molecule is COc1ccc(S(=O)(=O)NCCc2ncc(C)s2)c(OC)c1. The van der Waals surface area contributed by atoms with Gasteiger partial charge in [-0.25, -0.2) is 18.1 Å². The van der Waals surface area contributed by atoms with E-state index in [1.807, 2.05) is 6.92 Å².